The fourth-order valence-corrected chi connectivity index (χ4v) is 3.55. The SMILES string of the molecule is CC1(C)OB(C2=CC3CCC(C2)B3C#N)OC1(C)C. The summed E-state index contributed by atoms with van der Waals surface area (Å²) < 4.78 is 12.2. The predicted octanol–water partition coefficient (Wildman–Crippen LogP) is 3.04. The fourth-order valence-electron chi connectivity index (χ4n) is 3.55. The van der Waals surface area contributed by atoms with E-state index in [9.17, 15) is 5.26 Å². The molecule has 2 atom stereocenters. The predicted molar refractivity (Wildman–Crippen MR) is 76.9 cm³/mol. The summed E-state index contributed by atoms with van der Waals surface area (Å²) in [5.74, 6) is 3.41. The maximum absolute atomic E-state index is 9.25. The van der Waals surface area contributed by atoms with Crippen molar-refractivity contribution in [2.45, 2.75) is 69.8 Å². The van der Waals surface area contributed by atoms with Crippen LogP contribution in [-0.4, -0.2) is 25.0 Å². The Bertz CT molecular complexity index is 451. The van der Waals surface area contributed by atoms with Crippen molar-refractivity contribution >= 4 is 13.8 Å². The molecule has 0 aromatic carbocycles. The van der Waals surface area contributed by atoms with Gasteiger partial charge in [-0.05, 0) is 51.2 Å². The first-order valence-electron chi connectivity index (χ1n) is 7.30. The van der Waals surface area contributed by atoms with Gasteiger partial charge in [0.2, 0.25) is 0 Å². The molecule has 2 fully saturated rings. The molecule has 0 aromatic heterocycles. The Labute approximate surface area is 116 Å². The highest BCUT2D eigenvalue weighted by Crippen LogP contribution is 2.50. The van der Waals surface area contributed by atoms with Crippen molar-refractivity contribution in [1.29, 1.82) is 5.26 Å². The molecular weight excluding hydrogens is 236 g/mol. The molecular formula is C14H21B2NO2. The van der Waals surface area contributed by atoms with Crippen molar-refractivity contribution in [2.75, 3.05) is 0 Å². The molecule has 0 spiro atoms. The molecule has 3 nitrogen and oxygen atoms in total. The minimum absolute atomic E-state index is 0.214. The number of hydrogen-bond donors (Lipinski definition) is 0. The summed E-state index contributed by atoms with van der Waals surface area (Å²) in [7, 11) is -0.215. The first-order chi connectivity index (χ1) is 8.84. The van der Waals surface area contributed by atoms with Gasteiger partial charge in [-0.25, -0.2) is 5.26 Å². The topological polar surface area (TPSA) is 42.2 Å². The maximum Gasteiger partial charge on any atom is 0.490 e. The van der Waals surface area contributed by atoms with Crippen LogP contribution in [0.2, 0.25) is 11.6 Å². The summed E-state index contributed by atoms with van der Waals surface area (Å²) in [5.41, 5.74) is 0.713. The van der Waals surface area contributed by atoms with Gasteiger partial charge in [-0.15, -0.1) is 0 Å². The van der Waals surface area contributed by atoms with E-state index in [4.69, 9.17) is 9.31 Å². The Morgan fingerprint density at radius 1 is 1.21 bits per heavy atom. The lowest BCUT2D eigenvalue weighted by atomic mass is 9.35. The van der Waals surface area contributed by atoms with Crippen LogP contribution < -0.4 is 0 Å². The summed E-state index contributed by atoms with van der Waals surface area (Å²) in [6.45, 7) is 8.56. The van der Waals surface area contributed by atoms with Gasteiger partial charge in [0, 0.05) is 5.97 Å². The zero-order valence-corrected chi connectivity index (χ0v) is 12.3. The van der Waals surface area contributed by atoms with E-state index in [0.29, 0.717) is 11.6 Å². The summed E-state index contributed by atoms with van der Waals surface area (Å²) in [6, 6.07) is 0. The van der Waals surface area contributed by atoms with E-state index in [-0.39, 0.29) is 25.0 Å². The first-order valence-corrected chi connectivity index (χ1v) is 7.30. The Morgan fingerprint density at radius 2 is 1.84 bits per heavy atom. The highest BCUT2D eigenvalue weighted by Gasteiger charge is 2.54. The molecule has 0 N–H and O–H groups in total. The van der Waals surface area contributed by atoms with Crippen LogP contribution in [0.3, 0.4) is 0 Å². The largest absolute Gasteiger partial charge is 0.490 e. The van der Waals surface area contributed by atoms with E-state index in [0.717, 1.165) is 12.8 Å². The molecule has 3 aliphatic rings. The zero-order valence-electron chi connectivity index (χ0n) is 12.3. The highest BCUT2D eigenvalue weighted by atomic mass is 16.7. The second-order valence-electron chi connectivity index (χ2n) is 7.19. The number of nitriles is 1. The quantitative estimate of drug-likeness (QED) is 0.678. The molecule has 19 heavy (non-hydrogen) atoms. The highest BCUT2D eigenvalue weighted by molar-refractivity contribution is 6.72. The first kappa shape index (κ1) is 13.3. The second kappa shape index (κ2) is 4.14. The Kier molecular flexibility index (Phi) is 2.89. The standard InChI is InChI=1S/C14H21B2NO2/c1-13(2)14(3,4)19-16(18-13)12-7-10-5-6-11(8-12)15(10)9-17/h7,10-11H,5-6,8H2,1-4H3. The van der Waals surface area contributed by atoms with Gasteiger partial charge in [-0.1, -0.05) is 18.9 Å². The molecule has 5 heteroatoms. The molecule has 0 aliphatic carbocycles. The molecule has 0 radical (unpaired) electrons. The zero-order chi connectivity index (χ0) is 13.8. The fraction of sp³-hybridized carbons (Fsp3) is 0.786. The second-order valence-corrected chi connectivity index (χ2v) is 7.19. The average Bonchev–Trinajstić information content (AvgIpc) is 2.68. The summed E-state index contributed by atoms with van der Waals surface area (Å²) in [6.07, 6.45) is 5.54. The minimum atomic E-state index is -0.274. The van der Waals surface area contributed by atoms with Gasteiger partial charge in [0.05, 0.1) is 11.2 Å². The number of rotatable bonds is 1. The molecule has 100 valence electrons. The van der Waals surface area contributed by atoms with Crippen LogP contribution in [-0.2, 0) is 9.31 Å². The summed E-state index contributed by atoms with van der Waals surface area (Å²) in [4.78, 5) is 0. The van der Waals surface area contributed by atoms with Gasteiger partial charge in [0.1, 0.15) is 0 Å². The van der Waals surface area contributed by atoms with Crippen LogP contribution in [0.4, 0.5) is 0 Å². The number of allylic oxidation sites excluding steroid dienone is 2. The van der Waals surface area contributed by atoms with E-state index in [1.807, 2.05) is 0 Å². The molecule has 0 saturated carbocycles. The van der Waals surface area contributed by atoms with Crippen LogP contribution in [0.25, 0.3) is 0 Å². The lowest BCUT2D eigenvalue weighted by Crippen LogP contribution is -2.41. The van der Waals surface area contributed by atoms with Gasteiger partial charge < -0.3 is 9.31 Å². The molecule has 3 aliphatic heterocycles. The van der Waals surface area contributed by atoms with E-state index < -0.39 is 0 Å². The Balaban J connectivity index is 1.82. The molecule has 3 rings (SSSR count). The third-order valence-electron chi connectivity index (χ3n) is 5.47. The molecule has 0 amide bonds. The lowest BCUT2D eigenvalue weighted by molar-refractivity contribution is 0.00578. The van der Waals surface area contributed by atoms with E-state index in [2.05, 4.69) is 39.7 Å². The van der Waals surface area contributed by atoms with Crippen LogP contribution >= 0.6 is 0 Å². The maximum atomic E-state index is 9.25. The van der Waals surface area contributed by atoms with Crippen molar-refractivity contribution in [1.82, 2.24) is 0 Å². The third kappa shape index (κ3) is 1.97. The average molecular weight is 257 g/mol. The van der Waals surface area contributed by atoms with E-state index in [1.54, 1.807) is 0 Å². The van der Waals surface area contributed by atoms with Crippen molar-refractivity contribution < 1.29 is 9.31 Å². The lowest BCUT2D eigenvalue weighted by Gasteiger charge is -2.32. The number of fused-ring (bicyclic) bond motifs is 2. The molecule has 2 saturated heterocycles. The van der Waals surface area contributed by atoms with Gasteiger partial charge >= 0.3 is 7.12 Å². The van der Waals surface area contributed by atoms with Crippen LogP contribution in [0.1, 0.15) is 47.0 Å². The van der Waals surface area contributed by atoms with Crippen LogP contribution in [0.15, 0.2) is 11.5 Å². The minimum Gasteiger partial charge on any atom is -0.400 e. The molecule has 2 unspecified atom stereocenters. The monoisotopic (exact) mass is 257 g/mol. The van der Waals surface area contributed by atoms with Crippen molar-refractivity contribution in [3.05, 3.63) is 11.5 Å². The van der Waals surface area contributed by atoms with Gasteiger partial charge in [-0.3, -0.25) is 0 Å². The van der Waals surface area contributed by atoms with Gasteiger partial charge in [-0.2, -0.15) is 0 Å². The molecule has 0 aromatic rings. The molecule has 2 bridgehead atoms. The summed E-state index contributed by atoms with van der Waals surface area (Å²) >= 11 is 0. The van der Waals surface area contributed by atoms with Crippen molar-refractivity contribution in [2.24, 2.45) is 0 Å². The van der Waals surface area contributed by atoms with Crippen molar-refractivity contribution in [3.8, 4) is 5.97 Å². The Hall–Kier alpha value is -0.720. The number of nitrogens with zero attached hydrogens (tertiary/aromatic N) is 1. The van der Waals surface area contributed by atoms with Gasteiger partial charge in [0.15, 0.2) is 0 Å². The van der Waals surface area contributed by atoms with Crippen LogP contribution in [0, 0.1) is 11.2 Å². The normalized spacial score (nSPS) is 35.2. The van der Waals surface area contributed by atoms with E-state index in [1.165, 1.54) is 11.9 Å². The molecule has 3 heterocycles. The smallest absolute Gasteiger partial charge is 0.400 e. The Morgan fingerprint density at radius 3 is 2.37 bits per heavy atom. The van der Waals surface area contributed by atoms with Crippen molar-refractivity contribution in [3.63, 3.8) is 0 Å². The van der Waals surface area contributed by atoms with Crippen LogP contribution in [0.5, 0.6) is 0 Å². The van der Waals surface area contributed by atoms with E-state index >= 15 is 0 Å². The number of hydrogen-bond acceptors (Lipinski definition) is 3. The van der Waals surface area contributed by atoms with Gasteiger partial charge in [0.25, 0.3) is 6.71 Å². The third-order valence-corrected chi connectivity index (χ3v) is 5.47. The summed E-state index contributed by atoms with van der Waals surface area (Å²) in [5, 5.41) is 9.25.